The lowest BCUT2D eigenvalue weighted by Crippen LogP contribution is -2.48. The van der Waals surface area contributed by atoms with E-state index >= 15 is 0 Å². The van der Waals surface area contributed by atoms with Crippen molar-refractivity contribution < 1.29 is 19.4 Å². The van der Waals surface area contributed by atoms with Crippen molar-refractivity contribution in [3.8, 4) is 0 Å². The van der Waals surface area contributed by atoms with E-state index in [4.69, 9.17) is 9.84 Å². The third kappa shape index (κ3) is 3.89. The number of carboxylic acids is 1. The molecule has 0 radical (unpaired) electrons. The van der Waals surface area contributed by atoms with Crippen LogP contribution in [-0.4, -0.2) is 54.4 Å². The van der Waals surface area contributed by atoms with Gasteiger partial charge in [-0.05, 0) is 26.2 Å². The Labute approximate surface area is 101 Å². The average molecular weight is 244 g/mol. The molecular formula is C11H20N2O4. The number of carbonyl (C=O) groups is 2. The van der Waals surface area contributed by atoms with Gasteiger partial charge in [-0.2, -0.15) is 0 Å². The highest BCUT2D eigenvalue weighted by molar-refractivity contribution is 5.83. The fraction of sp³-hybridized carbons (Fsp3) is 0.818. The molecule has 1 aliphatic heterocycles. The van der Waals surface area contributed by atoms with E-state index in [1.54, 1.807) is 7.11 Å². The van der Waals surface area contributed by atoms with Gasteiger partial charge in [0.2, 0.25) is 0 Å². The summed E-state index contributed by atoms with van der Waals surface area (Å²) in [5, 5.41) is 11.8. The summed E-state index contributed by atoms with van der Waals surface area (Å²) in [5.41, 5.74) is 0. The molecule has 6 nitrogen and oxygen atoms in total. The highest BCUT2D eigenvalue weighted by Gasteiger charge is 2.34. The quantitative estimate of drug-likeness (QED) is 0.745. The Morgan fingerprint density at radius 2 is 2.29 bits per heavy atom. The van der Waals surface area contributed by atoms with E-state index in [0.717, 1.165) is 6.42 Å². The van der Waals surface area contributed by atoms with E-state index in [0.29, 0.717) is 26.0 Å². The van der Waals surface area contributed by atoms with Crippen molar-refractivity contribution in [2.75, 3.05) is 20.3 Å². The molecule has 1 heterocycles. The molecule has 1 fully saturated rings. The van der Waals surface area contributed by atoms with E-state index in [9.17, 15) is 9.59 Å². The summed E-state index contributed by atoms with van der Waals surface area (Å²) in [7, 11) is 1.61. The van der Waals surface area contributed by atoms with Gasteiger partial charge < -0.3 is 20.1 Å². The summed E-state index contributed by atoms with van der Waals surface area (Å²) in [5.74, 6) is -0.929. The van der Waals surface area contributed by atoms with Gasteiger partial charge in [0.15, 0.2) is 0 Å². The summed E-state index contributed by atoms with van der Waals surface area (Å²) < 4.78 is 4.92. The third-order valence-corrected chi connectivity index (χ3v) is 2.92. The summed E-state index contributed by atoms with van der Waals surface area (Å²) >= 11 is 0. The van der Waals surface area contributed by atoms with Gasteiger partial charge in [0.1, 0.15) is 6.04 Å². The van der Waals surface area contributed by atoms with Gasteiger partial charge in [-0.3, -0.25) is 0 Å². The number of likely N-dealkylation sites (tertiary alicyclic amines) is 1. The number of aliphatic carboxylic acids is 1. The number of nitrogens with zero attached hydrogens (tertiary/aromatic N) is 1. The van der Waals surface area contributed by atoms with Gasteiger partial charge in [-0.25, -0.2) is 9.59 Å². The summed E-state index contributed by atoms with van der Waals surface area (Å²) in [6.07, 6.45) is 2.00. The Kier molecular flexibility index (Phi) is 5.21. The Morgan fingerprint density at radius 3 is 2.88 bits per heavy atom. The molecular weight excluding hydrogens is 224 g/mol. The largest absolute Gasteiger partial charge is 0.480 e. The molecule has 0 aliphatic carbocycles. The van der Waals surface area contributed by atoms with Gasteiger partial charge in [-0.15, -0.1) is 0 Å². The van der Waals surface area contributed by atoms with Gasteiger partial charge in [0.05, 0.1) is 0 Å². The second kappa shape index (κ2) is 6.44. The molecule has 0 aromatic heterocycles. The van der Waals surface area contributed by atoms with Crippen LogP contribution in [0.3, 0.4) is 0 Å². The van der Waals surface area contributed by atoms with Crippen molar-refractivity contribution in [2.45, 2.75) is 38.3 Å². The summed E-state index contributed by atoms with van der Waals surface area (Å²) in [6.45, 7) is 2.96. The monoisotopic (exact) mass is 244 g/mol. The molecule has 0 bridgehead atoms. The smallest absolute Gasteiger partial charge is 0.326 e. The highest BCUT2D eigenvalue weighted by Crippen LogP contribution is 2.17. The van der Waals surface area contributed by atoms with E-state index in [-0.39, 0.29) is 12.1 Å². The number of rotatable bonds is 5. The second-order valence-corrected chi connectivity index (χ2v) is 4.32. The van der Waals surface area contributed by atoms with Crippen molar-refractivity contribution in [3.63, 3.8) is 0 Å². The molecule has 0 spiro atoms. The van der Waals surface area contributed by atoms with Crippen LogP contribution in [0.25, 0.3) is 0 Å². The van der Waals surface area contributed by atoms with E-state index in [2.05, 4.69) is 5.32 Å². The third-order valence-electron chi connectivity index (χ3n) is 2.92. The van der Waals surface area contributed by atoms with Crippen molar-refractivity contribution in [3.05, 3.63) is 0 Å². The number of amides is 2. The fourth-order valence-corrected chi connectivity index (χ4v) is 1.93. The first-order valence-electron chi connectivity index (χ1n) is 5.85. The Morgan fingerprint density at radius 1 is 1.59 bits per heavy atom. The number of urea groups is 1. The molecule has 2 unspecified atom stereocenters. The van der Waals surface area contributed by atoms with Crippen LogP contribution in [0.15, 0.2) is 0 Å². The van der Waals surface area contributed by atoms with Crippen LogP contribution in [-0.2, 0) is 9.53 Å². The van der Waals surface area contributed by atoms with Crippen LogP contribution in [0.5, 0.6) is 0 Å². The van der Waals surface area contributed by atoms with Crippen molar-refractivity contribution in [2.24, 2.45) is 0 Å². The highest BCUT2D eigenvalue weighted by atomic mass is 16.5. The Bertz CT molecular complexity index is 283. The standard InChI is InChI=1S/C11H20N2O4/c1-8(5-7-17-2)12-11(16)13-6-3-4-9(13)10(14)15/h8-9H,3-7H2,1-2H3,(H,12,16)(H,14,15). The predicted octanol–water partition coefficient (Wildman–Crippen LogP) is 0.670. The van der Waals surface area contributed by atoms with Crippen LogP contribution >= 0.6 is 0 Å². The number of nitrogens with one attached hydrogen (secondary N) is 1. The maximum absolute atomic E-state index is 11.8. The first-order chi connectivity index (χ1) is 8.06. The molecule has 6 heteroatoms. The number of ether oxygens (including phenoxy) is 1. The maximum Gasteiger partial charge on any atom is 0.326 e. The van der Waals surface area contributed by atoms with Crippen LogP contribution in [0, 0.1) is 0 Å². The van der Waals surface area contributed by atoms with Crippen LogP contribution < -0.4 is 5.32 Å². The number of hydrogen-bond donors (Lipinski definition) is 2. The zero-order chi connectivity index (χ0) is 12.8. The maximum atomic E-state index is 11.8. The first kappa shape index (κ1) is 13.8. The van der Waals surface area contributed by atoms with E-state index in [1.807, 2.05) is 6.92 Å². The minimum absolute atomic E-state index is 0.0162. The Balaban J connectivity index is 2.43. The van der Waals surface area contributed by atoms with Crippen molar-refractivity contribution in [1.29, 1.82) is 0 Å². The molecule has 1 saturated heterocycles. The van der Waals surface area contributed by atoms with E-state index in [1.165, 1.54) is 4.90 Å². The van der Waals surface area contributed by atoms with Crippen LogP contribution in [0.4, 0.5) is 4.79 Å². The molecule has 2 N–H and O–H groups in total. The van der Waals surface area contributed by atoms with Crippen LogP contribution in [0.1, 0.15) is 26.2 Å². The van der Waals surface area contributed by atoms with E-state index < -0.39 is 12.0 Å². The van der Waals surface area contributed by atoms with Gasteiger partial charge >= 0.3 is 12.0 Å². The lowest BCUT2D eigenvalue weighted by molar-refractivity contribution is -0.141. The van der Waals surface area contributed by atoms with Crippen molar-refractivity contribution >= 4 is 12.0 Å². The number of methoxy groups -OCH3 is 1. The van der Waals surface area contributed by atoms with Gasteiger partial charge in [-0.1, -0.05) is 0 Å². The second-order valence-electron chi connectivity index (χ2n) is 4.32. The zero-order valence-electron chi connectivity index (χ0n) is 10.3. The molecule has 0 aromatic rings. The van der Waals surface area contributed by atoms with Gasteiger partial charge in [0, 0.05) is 26.3 Å². The minimum atomic E-state index is -0.929. The normalized spacial score (nSPS) is 21.3. The lowest BCUT2D eigenvalue weighted by atomic mass is 10.2. The fourth-order valence-electron chi connectivity index (χ4n) is 1.93. The predicted molar refractivity (Wildman–Crippen MR) is 61.9 cm³/mol. The molecule has 98 valence electrons. The van der Waals surface area contributed by atoms with Crippen molar-refractivity contribution in [1.82, 2.24) is 10.2 Å². The summed E-state index contributed by atoms with van der Waals surface area (Å²) in [6, 6.07) is -0.986. The molecule has 2 atom stereocenters. The SMILES string of the molecule is COCCC(C)NC(=O)N1CCCC1C(=O)O. The Hall–Kier alpha value is -1.30. The average Bonchev–Trinajstić information content (AvgIpc) is 2.75. The number of hydrogen-bond acceptors (Lipinski definition) is 3. The lowest BCUT2D eigenvalue weighted by Gasteiger charge is -2.24. The molecule has 1 rings (SSSR count). The first-order valence-corrected chi connectivity index (χ1v) is 5.85. The topological polar surface area (TPSA) is 78.9 Å². The molecule has 2 amide bonds. The molecule has 0 aromatic carbocycles. The number of carboxylic acid groups (broad SMARTS) is 1. The van der Waals surface area contributed by atoms with Gasteiger partial charge in [0.25, 0.3) is 0 Å². The van der Waals surface area contributed by atoms with Crippen LogP contribution in [0.2, 0.25) is 0 Å². The minimum Gasteiger partial charge on any atom is -0.480 e. The molecule has 1 aliphatic rings. The molecule has 17 heavy (non-hydrogen) atoms. The zero-order valence-corrected chi connectivity index (χ0v) is 10.3. The summed E-state index contributed by atoms with van der Waals surface area (Å²) in [4.78, 5) is 24.2. The number of carbonyl (C=O) groups excluding carboxylic acids is 1. The molecule has 0 saturated carbocycles.